The third kappa shape index (κ3) is 6.40. The molecule has 2 amide bonds. The minimum Gasteiger partial charge on any atom is -0.480 e. The molecule has 0 aromatic rings. The van der Waals surface area contributed by atoms with E-state index in [4.69, 9.17) is 9.84 Å². The van der Waals surface area contributed by atoms with Crippen LogP contribution in [-0.2, 0) is 9.53 Å². The molecule has 110 valence electrons. The van der Waals surface area contributed by atoms with Crippen LogP contribution in [-0.4, -0.2) is 67.9 Å². The number of methoxy groups -OCH3 is 1. The number of hydrogen-bond donors (Lipinski definition) is 3. The average molecular weight is 273 g/mol. The highest BCUT2D eigenvalue weighted by molar-refractivity contribution is 5.82. The van der Waals surface area contributed by atoms with Crippen LogP contribution in [0.2, 0.25) is 0 Å². The third-order valence-electron chi connectivity index (χ3n) is 3.13. The summed E-state index contributed by atoms with van der Waals surface area (Å²) in [7, 11) is 1.50. The fraction of sp³-hybridized carbons (Fsp3) is 0.833. The van der Waals surface area contributed by atoms with Gasteiger partial charge in [0.25, 0.3) is 0 Å². The van der Waals surface area contributed by atoms with Gasteiger partial charge in [-0.2, -0.15) is 0 Å². The van der Waals surface area contributed by atoms with E-state index in [1.165, 1.54) is 20.0 Å². The Morgan fingerprint density at radius 1 is 1.37 bits per heavy atom. The maximum absolute atomic E-state index is 11.5. The molecule has 0 spiro atoms. The normalized spacial score (nSPS) is 17.1. The number of carbonyl (C=O) groups is 2. The molecule has 1 heterocycles. The lowest BCUT2D eigenvalue weighted by atomic mass is 10.2. The topological polar surface area (TPSA) is 90.9 Å². The second kappa shape index (κ2) is 8.71. The Labute approximate surface area is 113 Å². The minimum absolute atomic E-state index is 0.255. The van der Waals surface area contributed by atoms with Crippen LogP contribution in [0.1, 0.15) is 19.3 Å². The van der Waals surface area contributed by atoms with E-state index in [1.807, 2.05) is 0 Å². The number of carbonyl (C=O) groups excluding carboxylic acids is 1. The van der Waals surface area contributed by atoms with Crippen molar-refractivity contribution in [3.05, 3.63) is 0 Å². The van der Waals surface area contributed by atoms with Gasteiger partial charge in [0, 0.05) is 33.2 Å². The van der Waals surface area contributed by atoms with Gasteiger partial charge in [-0.05, 0) is 25.9 Å². The number of ether oxygens (including phenoxy) is 1. The summed E-state index contributed by atoms with van der Waals surface area (Å²) in [6.45, 7) is 3.79. The number of carboxylic acid groups (broad SMARTS) is 1. The molecule has 7 heteroatoms. The molecule has 0 radical (unpaired) electrons. The lowest BCUT2D eigenvalue weighted by Gasteiger charge is -2.17. The number of nitrogens with one attached hydrogen (secondary N) is 2. The molecule has 0 aliphatic carbocycles. The molecule has 0 saturated carbocycles. The first kappa shape index (κ1) is 15.7. The second-order valence-corrected chi connectivity index (χ2v) is 4.62. The van der Waals surface area contributed by atoms with E-state index in [1.54, 1.807) is 0 Å². The van der Waals surface area contributed by atoms with Crippen LogP contribution < -0.4 is 10.6 Å². The van der Waals surface area contributed by atoms with Crippen molar-refractivity contribution in [1.29, 1.82) is 0 Å². The second-order valence-electron chi connectivity index (χ2n) is 4.62. The summed E-state index contributed by atoms with van der Waals surface area (Å²) in [6, 6.07) is -1.35. The molecule has 1 rings (SSSR count). The quantitative estimate of drug-likeness (QED) is 0.573. The van der Waals surface area contributed by atoms with Gasteiger partial charge in [-0.25, -0.2) is 9.59 Å². The Morgan fingerprint density at radius 2 is 2.05 bits per heavy atom. The molecule has 1 fully saturated rings. The van der Waals surface area contributed by atoms with E-state index in [0.29, 0.717) is 13.2 Å². The molecule has 3 N–H and O–H groups in total. The number of hydrogen-bond acceptors (Lipinski definition) is 4. The molecule has 1 saturated heterocycles. The first-order valence-corrected chi connectivity index (χ1v) is 6.62. The highest BCUT2D eigenvalue weighted by atomic mass is 16.5. The van der Waals surface area contributed by atoms with E-state index in [0.717, 1.165) is 19.6 Å². The van der Waals surface area contributed by atoms with Crippen LogP contribution in [0.3, 0.4) is 0 Å². The predicted molar refractivity (Wildman–Crippen MR) is 70.1 cm³/mol. The van der Waals surface area contributed by atoms with Crippen LogP contribution in [0.25, 0.3) is 0 Å². The van der Waals surface area contributed by atoms with Gasteiger partial charge in [-0.1, -0.05) is 0 Å². The molecule has 0 bridgehead atoms. The SMILES string of the molecule is COCCC(NC(=O)NCCN1CCCC1)C(=O)O. The molecule has 1 atom stereocenters. The first-order valence-electron chi connectivity index (χ1n) is 6.62. The van der Waals surface area contributed by atoms with Crippen LogP contribution in [0.15, 0.2) is 0 Å². The molecule has 1 unspecified atom stereocenters. The summed E-state index contributed by atoms with van der Waals surface area (Å²) in [6.07, 6.45) is 2.68. The predicted octanol–water partition coefficient (Wildman–Crippen LogP) is -0.129. The minimum atomic E-state index is -1.05. The van der Waals surface area contributed by atoms with Crippen LogP contribution in [0.5, 0.6) is 0 Å². The highest BCUT2D eigenvalue weighted by Gasteiger charge is 2.19. The Hall–Kier alpha value is -1.34. The fourth-order valence-electron chi connectivity index (χ4n) is 2.04. The van der Waals surface area contributed by atoms with Gasteiger partial charge >= 0.3 is 12.0 Å². The summed E-state index contributed by atoms with van der Waals surface area (Å²) in [5.41, 5.74) is 0. The monoisotopic (exact) mass is 273 g/mol. The smallest absolute Gasteiger partial charge is 0.326 e. The van der Waals surface area contributed by atoms with Gasteiger partial charge < -0.3 is 25.4 Å². The van der Waals surface area contributed by atoms with Crippen LogP contribution in [0.4, 0.5) is 4.79 Å². The first-order chi connectivity index (χ1) is 9.13. The maximum atomic E-state index is 11.5. The number of rotatable bonds is 8. The number of amides is 2. The fourth-order valence-corrected chi connectivity index (χ4v) is 2.04. The van der Waals surface area contributed by atoms with Gasteiger partial charge in [0.1, 0.15) is 6.04 Å². The average Bonchev–Trinajstić information content (AvgIpc) is 2.87. The number of likely N-dealkylation sites (tertiary alicyclic amines) is 1. The third-order valence-corrected chi connectivity index (χ3v) is 3.13. The molecule has 0 aromatic heterocycles. The summed E-state index contributed by atoms with van der Waals surface area (Å²) in [5, 5.41) is 14.0. The summed E-state index contributed by atoms with van der Waals surface area (Å²) in [5.74, 6) is -1.05. The van der Waals surface area contributed by atoms with Crippen molar-refractivity contribution in [3.63, 3.8) is 0 Å². The number of carboxylic acids is 1. The molecular weight excluding hydrogens is 250 g/mol. The lowest BCUT2D eigenvalue weighted by Crippen LogP contribution is -2.47. The lowest BCUT2D eigenvalue weighted by molar-refractivity contribution is -0.139. The van der Waals surface area contributed by atoms with E-state index in [-0.39, 0.29) is 6.42 Å². The van der Waals surface area contributed by atoms with Crippen molar-refractivity contribution >= 4 is 12.0 Å². The molecule has 19 heavy (non-hydrogen) atoms. The standard InChI is InChI=1S/C12H23N3O4/c1-19-9-4-10(11(16)17)14-12(18)13-5-8-15-6-2-3-7-15/h10H,2-9H2,1H3,(H,16,17)(H2,13,14,18). The zero-order valence-electron chi connectivity index (χ0n) is 11.4. The van der Waals surface area contributed by atoms with Crippen molar-refractivity contribution < 1.29 is 19.4 Å². The zero-order chi connectivity index (χ0) is 14.1. The van der Waals surface area contributed by atoms with E-state index in [2.05, 4.69) is 15.5 Å². The molecule has 0 aromatic carbocycles. The highest BCUT2D eigenvalue weighted by Crippen LogP contribution is 2.05. The molecule has 1 aliphatic heterocycles. The molecule has 1 aliphatic rings. The largest absolute Gasteiger partial charge is 0.480 e. The van der Waals surface area contributed by atoms with Crippen LogP contribution in [0, 0.1) is 0 Å². The van der Waals surface area contributed by atoms with Crippen LogP contribution >= 0.6 is 0 Å². The van der Waals surface area contributed by atoms with E-state index < -0.39 is 18.0 Å². The summed E-state index contributed by atoms with van der Waals surface area (Å²) < 4.78 is 4.81. The van der Waals surface area contributed by atoms with Gasteiger partial charge in [0.15, 0.2) is 0 Å². The van der Waals surface area contributed by atoms with Crippen molar-refractivity contribution in [2.75, 3.05) is 39.9 Å². The summed E-state index contributed by atoms with van der Waals surface area (Å²) in [4.78, 5) is 24.7. The van der Waals surface area contributed by atoms with Crippen molar-refractivity contribution in [1.82, 2.24) is 15.5 Å². The van der Waals surface area contributed by atoms with Gasteiger partial charge in [0.05, 0.1) is 0 Å². The van der Waals surface area contributed by atoms with Crippen molar-refractivity contribution in [2.24, 2.45) is 0 Å². The Kier molecular flexibility index (Phi) is 7.20. The Morgan fingerprint density at radius 3 is 2.63 bits per heavy atom. The Balaban J connectivity index is 2.17. The molecular formula is C12H23N3O4. The Bertz CT molecular complexity index is 293. The van der Waals surface area contributed by atoms with Gasteiger partial charge in [0.2, 0.25) is 0 Å². The van der Waals surface area contributed by atoms with Crippen molar-refractivity contribution in [3.8, 4) is 0 Å². The number of nitrogens with zero attached hydrogens (tertiary/aromatic N) is 1. The van der Waals surface area contributed by atoms with Gasteiger partial charge in [-0.3, -0.25) is 0 Å². The summed E-state index contributed by atoms with van der Waals surface area (Å²) >= 11 is 0. The van der Waals surface area contributed by atoms with E-state index >= 15 is 0 Å². The number of urea groups is 1. The van der Waals surface area contributed by atoms with Gasteiger partial charge in [-0.15, -0.1) is 0 Å². The maximum Gasteiger partial charge on any atom is 0.326 e. The van der Waals surface area contributed by atoms with Crippen molar-refractivity contribution in [2.45, 2.75) is 25.3 Å². The number of aliphatic carboxylic acids is 1. The zero-order valence-corrected chi connectivity index (χ0v) is 11.4. The van der Waals surface area contributed by atoms with E-state index in [9.17, 15) is 9.59 Å². The molecule has 7 nitrogen and oxygen atoms in total.